The summed E-state index contributed by atoms with van der Waals surface area (Å²) in [6.07, 6.45) is 0. The first kappa shape index (κ1) is 14.0. The predicted octanol–water partition coefficient (Wildman–Crippen LogP) is 6.28. The van der Waals surface area contributed by atoms with Crippen LogP contribution in [0.15, 0.2) is 36.4 Å². The number of rotatable bonds is 2. The van der Waals surface area contributed by atoms with Gasteiger partial charge < -0.3 is 0 Å². The zero-order valence-electron chi connectivity index (χ0n) is 9.55. The first-order chi connectivity index (χ1) is 8.47. The second-order valence-corrected chi connectivity index (χ2v) is 5.79. The first-order valence-corrected chi connectivity index (χ1v) is 6.90. The van der Waals surface area contributed by atoms with E-state index in [0.29, 0.717) is 15.1 Å². The molecule has 0 nitrogen and oxygen atoms in total. The molecule has 18 heavy (non-hydrogen) atoms. The molecule has 0 aliphatic carbocycles. The van der Waals surface area contributed by atoms with Crippen molar-refractivity contribution in [3.05, 3.63) is 68.2 Å². The highest BCUT2D eigenvalue weighted by Gasteiger charge is 2.13. The SMILES string of the molecule is Cc1cc(Cl)cc(C(Cl)c2ccc(Cl)c(Cl)c2)c1. The van der Waals surface area contributed by atoms with Crippen molar-refractivity contribution in [1.29, 1.82) is 0 Å². The summed E-state index contributed by atoms with van der Waals surface area (Å²) < 4.78 is 0. The molecule has 0 aromatic heterocycles. The maximum Gasteiger partial charge on any atom is 0.0836 e. The Balaban J connectivity index is 2.40. The van der Waals surface area contributed by atoms with E-state index in [1.54, 1.807) is 12.1 Å². The van der Waals surface area contributed by atoms with Gasteiger partial charge in [-0.1, -0.05) is 46.9 Å². The van der Waals surface area contributed by atoms with Crippen molar-refractivity contribution >= 4 is 46.4 Å². The number of hydrogen-bond acceptors (Lipinski definition) is 0. The monoisotopic (exact) mass is 318 g/mol. The van der Waals surface area contributed by atoms with E-state index >= 15 is 0 Å². The molecule has 2 rings (SSSR count). The third-order valence-corrected chi connectivity index (χ3v) is 4.05. The molecule has 4 heteroatoms. The minimum absolute atomic E-state index is 0.294. The molecule has 0 fully saturated rings. The summed E-state index contributed by atoms with van der Waals surface area (Å²) in [6, 6.07) is 11.1. The second kappa shape index (κ2) is 5.71. The summed E-state index contributed by atoms with van der Waals surface area (Å²) in [5, 5.41) is 1.40. The molecule has 0 aliphatic heterocycles. The van der Waals surface area contributed by atoms with Gasteiger partial charge in [0.2, 0.25) is 0 Å². The van der Waals surface area contributed by atoms with Crippen LogP contribution in [0.2, 0.25) is 15.1 Å². The summed E-state index contributed by atoms with van der Waals surface area (Å²) >= 11 is 24.3. The van der Waals surface area contributed by atoms with E-state index in [1.165, 1.54) is 0 Å². The molecule has 0 radical (unpaired) electrons. The lowest BCUT2D eigenvalue weighted by molar-refractivity contribution is 1.13. The molecule has 2 aromatic carbocycles. The topological polar surface area (TPSA) is 0 Å². The molecule has 2 aromatic rings. The van der Waals surface area contributed by atoms with Gasteiger partial charge in [0, 0.05) is 5.02 Å². The van der Waals surface area contributed by atoms with E-state index in [-0.39, 0.29) is 5.38 Å². The Morgan fingerprint density at radius 3 is 2.17 bits per heavy atom. The largest absolute Gasteiger partial charge is 0.113 e. The molecule has 0 amide bonds. The van der Waals surface area contributed by atoms with Gasteiger partial charge in [-0.2, -0.15) is 0 Å². The van der Waals surface area contributed by atoms with Crippen molar-refractivity contribution in [2.45, 2.75) is 12.3 Å². The van der Waals surface area contributed by atoms with Crippen molar-refractivity contribution in [1.82, 2.24) is 0 Å². The number of halogens is 4. The Morgan fingerprint density at radius 1 is 0.833 bits per heavy atom. The predicted molar refractivity (Wildman–Crippen MR) is 80.3 cm³/mol. The fourth-order valence-corrected chi connectivity index (χ4v) is 2.64. The summed E-state index contributed by atoms with van der Waals surface area (Å²) in [6.45, 7) is 1.98. The van der Waals surface area contributed by atoms with Crippen LogP contribution in [0.5, 0.6) is 0 Å². The van der Waals surface area contributed by atoms with Gasteiger partial charge in [-0.05, 0) is 47.9 Å². The zero-order valence-corrected chi connectivity index (χ0v) is 12.6. The van der Waals surface area contributed by atoms with Gasteiger partial charge in [-0.3, -0.25) is 0 Å². The Hall–Kier alpha value is -0.400. The van der Waals surface area contributed by atoms with E-state index < -0.39 is 0 Å². The molecule has 0 N–H and O–H groups in total. The van der Waals surface area contributed by atoms with Crippen LogP contribution in [0.4, 0.5) is 0 Å². The van der Waals surface area contributed by atoms with E-state index in [9.17, 15) is 0 Å². The van der Waals surface area contributed by atoms with Gasteiger partial charge in [-0.15, -0.1) is 11.6 Å². The Morgan fingerprint density at radius 2 is 1.56 bits per heavy atom. The Labute approximate surface area is 126 Å². The second-order valence-electron chi connectivity index (χ2n) is 4.10. The molecule has 0 heterocycles. The number of aryl methyl sites for hydroxylation is 1. The van der Waals surface area contributed by atoms with Crippen LogP contribution in [0.1, 0.15) is 22.1 Å². The average Bonchev–Trinajstić information content (AvgIpc) is 2.30. The zero-order chi connectivity index (χ0) is 13.3. The first-order valence-electron chi connectivity index (χ1n) is 5.33. The standard InChI is InChI=1S/C14H10Cl4/c1-8-4-10(6-11(15)5-8)14(18)9-2-3-12(16)13(17)7-9/h2-7,14H,1H3. The van der Waals surface area contributed by atoms with Crippen LogP contribution >= 0.6 is 46.4 Å². The summed E-state index contributed by atoms with van der Waals surface area (Å²) in [7, 11) is 0. The molecule has 0 bridgehead atoms. The summed E-state index contributed by atoms with van der Waals surface area (Å²) in [5.41, 5.74) is 2.91. The van der Waals surface area contributed by atoms with Crippen molar-refractivity contribution in [2.24, 2.45) is 0 Å². The lowest BCUT2D eigenvalue weighted by Gasteiger charge is -2.12. The van der Waals surface area contributed by atoms with Gasteiger partial charge in [0.1, 0.15) is 0 Å². The van der Waals surface area contributed by atoms with E-state index in [2.05, 4.69) is 0 Å². The smallest absolute Gasteiger partial charge is 0.0836 e. The van der Waals surface area contributed by atoms with Gasteiger partial charge >= 0.3 is 0 Å². The fraction of sp³-hybridized carbons (Fsp3) is 0.143. The van der Waals surface area contributed by atoms with E-state index in [4.69, 9.17) is 46.4 Å². The van der Waals surface area contributed by atoms with Gasteiger partial charge in [-0.25, -0.2) is 0 Å². The van der Waals surface area contributed by atoms with Crippen LogP contribution in [0.25, 0.3) is 0 Å². The summed E-state index contributed by atoms with van der Waals surface area (Å²) in [5.74, 6) is 0. The lowest BCUT2D eigenvalue weighted by Crippen LogP contribution is -1.94. The highest BCUT2D eigenvalue weighted by Crippen LogP contribution is 2.34. The highest BCUT2D eigenvalue weighted by molar-refractivity contribution is 6.42. The Kier molecular flexibility index (Phi) is 4.45. The maximum atomic E-state index is 6.44. The number of alkyl halides is 1. The maximum absolute atomic E-state index is 6.44. The van der Waals surface area contributed by atoms with Gasteiger partial charge in [0.05, 0.1) is 15.4 Å². The molecule has 0 saturated carbocycles. The third kappa shape index (κ3) is 3.13. The van der Waals surface area contributed by atoms with Crippen molar-refractivity contribution < 1.29 is 0 Å². The minimum Gasteiger partial charge on any atom is -0.113 e. The average molecular weight is 320 g/mol. The molecular formula is C14H10Cl4. The lowest BCUT2D eigenvalue weighted by atomic mass is 10.0. The number of hydrogen-bond donors (Lipinski definition) is 0. The molecule has 0 aliphatic rings. The molecule has 94 valence electrons. The fourth-order valence-electron chi connectivity index (χ4n) is 1.77. The third-order valence-electron chi connectivity index (χ3n) is 2.59. The molecule has 0 saturated heterocycles. The normalized spacial score (nSPS) is 12.5. The van der Waals surface area contributed by atoms with Crippen LogP contribution in [-0.4, -0.2) is 0 Å². The highest BCUT2D eigenvalue weighted by atomic mass is 35.5. The van der Waals surface area contributed by atoms with Crippen LogP contribution < -0.4 is 0 Å². The van der Waals surface area contributed by atoms with Crippen molar-refractivity contribution in [3.8, 4) is 0 Å². The summed E-state index contributed by atoms with van der Waals surface area (Å²) in [4.78, 5) is 0. The van der Waals surface area contributed by atoms with Crippen LogP contribution in [-0.2, 0) is 0 Å². The van der Waals surface area contributed by atoms with Crippen molar-refractivity contribution in [2.75, 3.05) is 0 Å². The van der Waals surface area contributed by atoms with Gasteiger partial charge in [0.25, 0.3) is 0 Å². The Bertz CT molecular complexity index is 558. The molecule has 0 spiro atoms. The van der Waals surface area contributed by atoms with Gasteiger partial charge in [0.15, 0.2) is 0 Å². The van der Waals surface area contributed by atoms with E-state index in [0.717, 1.165) is 16.7 Å². The van der Waals surface area contributed by atoms with Crippen molar-refractivity contribution in [3.63, 3.8) is 0 Å². The van der Waals surface area contributed by atoms with E-state index in [1.807, 2.05) is 31.2 Å². The molecular weight excluding hydrogens is 310 g/mol. The molecule has 1 unspecified atom stereocenters. The van der Waals surface area contributed by atoms with Crippen LogP contribution in [0.3, 0.4) is 0 Å². The molecule has 1 atom stereocenters. The van der Waals surface area contributed by atoms with Crippen LogP contribution in [0, 0.1) is 6.92 Å². The minimum atomic E-state index is -0.294. The number of benzene rings is 2. The quantitative estimate of drug-likeness (QED) is 0.571.